The molecule has 1 aliphatic heterocycles. The molecule has 1 N–H and O–H groups in total. The normalized spacial score (nSPS) is 14.9. The van der Waals surface area contributed by atoms with E-state index in [1.54, 1.807) is 0 Å². The first kappa shape index (κ1) is 10.7. The van der Waals surface area contributed by atoms with Gasteiger partial charge in [0.15, 0.2) is 5.43 Å². The average molecular weight is 254 g/mol. The van der Waals surface area contributed by atoms with Gasteiger partial charge in [-0.1, -0.05) is 11.6 Å². The van der Waals surface area contributed by atoms with Crippen LogP contribution in [0.3, 0.4) is 0 Å². The standard InChI is InChI=1S/C12H9ClFNO2/c13-8-3-6(14)4-10-11(8)12(16)7-5-17-2-1-9(7)15-10/h3-4H,1-2,5H2,(H,15,16). The second-order valence-corrected chi connectivity index (χ2v) is 4.43. The third kappa shape index (κ3) is 1.64. The Morgan fingerprint density at radius 1 is 1.41 bits per heavy atom. The highest BCUT2D eigenvalue weighted by atomic mass is 35.5. The third-order valence-corrected chi connectivity index (χ3v) is 3.25. The molecule has 0 saturated heterocycles. The molecule has 0 unspecified atom stereocenters. The fourth-order valence-corrected chi connectivity index (χ4v) is 2.44. The highest BCUT2D eigenvalue weighted by Gasteiger charge is 2.18. The number of ether oxygens (including phenoxy) is 1. The van der Waals surface area contributed by atoms with Crippen LogP contribution in [-0.4, -0.2) is 11.6 Å². The molecule has 1 aliphatic rings. The predicted octanol–water partition coefficient (Wildman–Crippen LogP) is 2.39. The number of aromatic nitrogens is 1. The van der Waals surface area contributed by atoms with E-state index in [1.807, 2.05) is 0 Å². The number of halogens is 2. The number of benzene rings is 1. The van der Waals surface area contributed by atoms with Gasteiger partial charge in [0, 0.05) is 17.7 Å². The van der Waals surface area contributed by atoms with E-state index in [0.717, 1.165) is 11.8 Å². The fraction of sp³-hybridized carbons (Fsp3) is 0.250. The summed E-state index contributed by atoms with van der Waals surface area (Å²) in [6, 6.07) is 2.44. The number of pyridine rings is 1. The summed E-state index contributed by atoms with van der Waals surface area (Å²) >= 11 is 5.91. The first-order chi connectivity index (χ1) is 8.16. The van der Waals surface area contributed by atoms with Crippen molar-refractivity contribution >= 4 is 22.5 Å². The van der Waals surface area contributed by atoms with E-state index in [0.29, 0.717) is 29.5 Å². The van der Waals surface area contributed by atoms with Crippen LogP contribution in [0.25, 0.3) is 10.9 Å². The number of fused-ring (bicyclic) bond motifs is 2. The van der Waals surface area contributed by atoms with Crippen LogP contribution < -0.4 is 5.43 Å². The van der Waals surface area contributed by atoms with E-state index in [9.17, 15) is 9.18 Å². The monoisotopic (exact) mass is 253 g/mol. The van der Waals surface area contributed by atoms with Crippen LogP contribution in [-0.2, 0) is 17.8 Å². The van der Waals surface area contributed by atoms with E-state index in [1.165, 1.54) is 6.07 Å². The zero-order valence-electron chi connectivity index (χ0n) is 8.85. The Morgan fingerprint density at radius 2 is 2.24 bits per heavy atom. The molecule has 2 aromatic rings. The number of nitrogens with one attached hydrogen (secondary N) is 1. The molecule has 1 aromatic carbocycles. The molecule has 0 bridgehead atoms. The second-order valence-electron chi connectivity index (χ2n) is 4.02. The highest BCUT2D eigenvalue weighted by molar-refractivity contribution is 6.35. The van der Waals surface area contributed by atoms with Gasteiger partial charge in [-0.15, -0.1) is 0 Å². The Bertz CT molecular complexity index is 666. The van der Waals surface area contributed by atoms with Gasteiger partial charge in [0.2, 0.25) is 0 Å². The van der Waals surface area contributed by atoms with Crippen molar-refractivity contribution in [2.24, 2.45) is 0 Å². The summed E-state index contributed by atoms with van der Waals surface area (Å²) in [5, 5.41) is 0.465. The van der Waals surface area contributed by atoms with Gasteiger partial charge in [-0.3, -0.25) is 4.79 Å². The maximum absolute atomic E-state index is 13.2. The van der Waals surface area contributed by atoms with Gasteiger partial charge >= 0.3 is 0 Å². The molecule has 17 heavy (non-hydrogen) atoms. The summed E-state index contributed by atoms with van der Waals surface area (Å²) in [6.07, 6.45) is 0.634. The van der Waals surface area contributed by atoms with E-state index in [2.05, 4.69) is 4.98 Å². The van der Waals surface area contributed by atoms with E-state index in [-0.39, 0.29) is 17.1 Å². The number of rotatable bonds is 0. The van der Waals surface area contributed by atoms with Crippen LogP contribution in [0.5, 0.6) is 0 Å². The van der Waals surface area contributed by atoms with Crippen molar-refractivity contribution in [3.8, 4) is 0 Å². The van der Waals surface area contributed by atoms with Crippen molar-refractivity contribution in [3.63, 3.8) is 0 Å². The first-order valence-electron chi connectivity index (χ1n) is 5.27. The molecule has 0 spiro atoms. The van der Waals surface area contributed by atoms with Gasteiger partial charge in [-0.2, -0.15) is 0 Å². The Balaban J connectivity index is 2.44. The highest BCUT2D eigenvalue weighted by Crippen LogP contribution is 2.23. The largest absolute Gasteiger partial charge is 0.376 e. The van der Waals surface area contributed by atoms with E-state index >= 15 is 0 Å². The van der Waals surface area contributed by atoms with Crippen LogP contribution in [0.1, 0.15) is 11.3 Å². The van der Waals surface area contributed by atoms with Crippen LogP contribution in [0.4, 0.5) is 4.39 Å². The number of hydrogen-bond acceptors (Lipinski definition) is 2. The fourth-order valence-electron chi connectivity index (χ4n) is 2.14. The zero-order valence-corrected chi connectivity index (χ0v) is 9.60. The van der Waals surface area contributed by atoms with Crippen molar-refractivity contribution in [2.75, 3.05) is 6.61 Å². The van der Waals surface area contributed by atoms with Gasteiger partial charge in [-0.25, -0.2) is 4.39 Å². The smallest absolute Gasteiger partial charge is 0.196 e. The molecule has 0 saturated carbocycles. The van der Waals surface area contributed by atoms with Crippen molar-refractivity contribution in [3.05, 3.63) is 44.5 Å². The summed E-state index contributed by atoms with van der Waals surface area (Å²) < 4.78 is 18.5. The maximum Gasteiger partial charge on any atom is 0.196 e. The summed E-state index contributed by atoms with van der Waals surface area (Å²) in [5.74, 6) is -0.454. The lowest BCUT2D eigenvalue weighted by molar-refractivity contribution is 0.109. The minimum absolute atomic E-state index is 0.134. The molecule has 5 heteroatoms. The third-order valence-electron chi connectivity index (χ3n) is 2.95. The topological polar surface area (TPSA) is 42.1 Å². The lowest BCUT2D eigenvalue weighted by Gasteiger charge is -2.16. The Kier molecular flexibility index (Phi) is 2.42. The maximum atomic E-state index is 13.2. The molecule has 1 aromatic heterocycles. The van der Waals surface area contributed by atoms with Gasteiger partial charge in [0.05, 0.1) is 29.1 Å². The van der Waals surface area contributed by atoms with Gasteiger partial charge in [0.1, 0.15) is 5.82 Å². The Labute approximate surface area is 101 Å². The predicted molar refractivity (Wildman–Crippen MR) is 62.9 cm³/mol. The van der Waals surface area contributed by atoms with Crippen molar-refractivity contribution in [1.29, 1.82) is 0 Å². The van der Waals surface area contributed by atoms with Gasteiger partial charge in [-0.05, 0) is 12.1 Å². The zero-order chi connectivity index (χ0) is 12.0. The molecule has 0 aliphatic carbocycles. The van der Waals surface area contributed by atoms with Crippen molar-refractivity contribution < 1.29 is 9.13 Å². The van der Waals surface area contributed by atoms with E-state index in [4.69, 9.17) is 16.3 Å². The summed E-state index contributed by atoms with van der Waals surface area (Å²) in [6.45, 7) is 0.853. The van der Waals surface area contributed by atoms with Crippen LogP contribution >= 0.6 is 11.6 Å². The number of H-pyrrole nitrogens is 1. The molecule has 0 radical (unpaired) electrons. The Morgan fingerprint density at radius 3 is 3.06 bits per heavy atom. The minimum Gasteiger partial charge on any atom is -0.376 e. The molecule has 3 nitrogen and oxygen atoms in total. The molecule has 0 atom stereocenters. The molecule has 88 valence electrons. The van der Waals surface area contributed by atoms with Crippen molar-refractivity contribution in [2.45, 2.75) is 13.0 Å². The average Bonchev–Trinajstić information content (AvgIpc) is 2.28. The van der Waals surface area contributed by atoms with Crippen LogP contribution in [0.2, 0.25) is 5.02 Å². The summed E-state index contributed by atoms with van der Waals surface area (Å²) in [7, 11) is 0. The summed E-state index contributed by atoms with van der Waals surface area (Å²) in [5.41, 5.74) is 1.69. The molecule has 0 amide bonds. The second kappa shape index (κ2) is 3.82. The van der Waals surface area contributed by atoms with E-state index < -0.39 is 5.82 Å². The SMILES string of the molecule is O=c1c2c([nH]c3cc(F)cc(Cl)c13)CCOC2. The molecular weight excluding hydrogens is 245 g/mol. The number of hydrogen-bond donors (Lipinski definition) is 1. The minimum atomic E-state index is -0.454. The van der Waals surface area contributed by atoms with Gasteiger partial charge in [0.25, 0.3) is 0 Å². The summed E-state index contributed by atoms with van der Waals surface area (Å²) in [4.78, 5) is 15.3. The van der Waals surface area contributed by atoms with Crippen molar-refractivity contribution in [1.82, 2.24) is 4.98 Å². The lowest BCUT2D eigenvalue weighted by atomic mass is 10.1. The molecule has 0 fully saturated rings. The molecule has 2 heterocycles. The molecular formula is C12H9ClFNO2. The quantitative estimate of drug-likeness (QED) is 0.783. The van der Waals surface area contributed by atoms with Crippen LogP contribution in [0.15, 0.2) is 16.9 Å². The van der Waals surface area contributed by atoms with Gasteiger partial charge < -0.3 is 9.72 Å². The lowest BCUT2D eigenvalue weighted by Crippen LogP contribution is -2.22. The molecule has 3 rings (SSSR count). The van der Waals surface area contributed by atoms with Crippen LogP contribution in [0, 0.1) is 5.82 Å². The first-order valence-corrected chi connectivity index (χ1v) is 5.65. The Hall–Kier alpha value is -1.39. The number of aromatic amines is 1.